The number of hydrogen-bond donors (Lipinski definition) is 1. The van der Waals surface area contributed by atoms with Crippen LogP contribution in [0, 0.1) is 11.3 Å². The lowest BCUT2D eigenvalue weighted by Gasteiger charge is -2.44. The highest BCUT2D eigenvalue weighted by atomic mass is 16.5. The molecular weight excluding hydrogens is 154 g/mol. The Labute approximate surface area is 73.3 Å². The minimum absolute atomic E-state index is 0.130. The highest BCUT2D eigenvalue weighted by Crippen LogP contribution is 2.47. The van der Waals surface area contributed by atoms with Crippen LogP contribution in [-0.4, -0.2) is 19.6 Å². The van der Waals surface area contributed by atoms with E-state index in [0.717, 1.165) is 19.3 Å². The molecule has 0 amide bonds. The SMILES string of the molecule is CCC1CC(CN)(C(=O)OC)C1. The number of rotatable bonds is 3. The molecule has 0 spiro atoms. The fraction of sp³-hybridized carbons (Fsp3) is 0.889. The number of esters is 1. The van der Waals surface area contributed by atoms with Crippen molar-refractivity contribution in [1.82, 2.24) is 0 Å². The summed E-state index contributed by atoms with van der Waals surface area (Å²) in [5.74, 6) is 0.544. The second-order valence-electron chi connectivity index (χ2n) is 3.66. The zero-order valence-electron chi connectivity index (χ0n) is 7.80. The van der Waals surface area contributed by atoms with Gasteiger partial charge in [0.2, 0.25) is 0 Å². The molecule has 2 N–H and O–H groups in total. The maximum atomic E-state index is 11.3. The fourth-order valence-corrected chi connectivity index (χ4v) is 1.97. The van der Waals surface area contributed by atoms with E-state index >= 15 is 0 Å². The molecule has 1 aliphatic carbocycles. The molecule has 1 fully saturated rings. The van der Waals surface area contributed by atoms with Crippen LogP contribution < -0.4 is 5.73 Å². The molecule has 0 unspecified atom stereocenters. The topological polar surface area (TPSA) is 52.3 Å². The van der Waals surface area contributed by atoms with Gasteiger partial charge in [0.1, 0.15) is 0 Å². The summed E-state index contributed by atoms with van der Waals surface area (Å²) in [5.41, 5.74) is 5.22. The fourth-order valence-electron chi connectivity index (χ4n) is 1.97. The van der Waals surface area contributed by atoms with E-state index in [1.54, 1.807) is 0 Å². The lowest BCUT2D eigenvalue weighted by molar-refractivity contribution is -0.161. The highest BCUT2D eigenvalue weighted by Gasteiger charge is 2.49. The Morgan fingerprint density at radius 2 is 2.25 bits per heavy atom. The van der Waals surface area contributed by atoms with Gasteiger partial charge in [-0.1, -0.05) is 13.3 Å². The molecule has 0 radical (unpaired) electrons. The Kier molecular flexibility index (Phi) is 2.73. The highest BCUT2D eigenvalue weighted by molar-refractivity contribution is 5.78. The average Bonchev–Trinajstić information content (AvgIpc) is 2.04. The number of ether oxygens (including phenoxy) is 1. The van der Waals surface area contributed by atoms with Gasteiger partial charge in [-0.15, -0.1) is 0 Å². The lowest BCUT2D eigenvalue weighted by atomic mass is 9.61. The van der Waals surface area contributed by atoms with Gasteiger partial charge < -0.3 is 10.5 Å². The van der Waals surface area contributed by atoms with Crippen molar-refractivity contribution in [2.45, 2.75) is 26.2 Å². The van der Waals surface area contributed by atoms with Crippen LogP contribution in [0.25, 0.3) is 0 Å². The Hall–Kier alpha value is -0.570. The predicted octanol–water partition coefficient (Wildman–Crippen LogP) is 0.924. The van der Waals surface area contributed by atoms with Crippen molar-refractivity contribution in [2.75, 3.05) is 13.7 Å². The Bertz CT molecular complexity index is 173. The molecule has 70 valence electrons. The molecule has 12 heavy (non-hydrogen) atoms. The molecule has 1 aliphatic rings. The van der Waals surface area contributed by atoms with E-state index in [1.807, 2.05) is 0 Å². The smallest absolute Gasteiger partial charge is 0.313 e. The molecule has 1 rings (SSSR count). The van der Waals surface area contributed by atoms with Crippen molar-refractivity contribution in [3.63, 3.8) is 0 Å². The largest absolute Gasteiger partial charge is 0.469 e. The second kappa shape index (κ2) is 3.44. The van der Waals surface area contributed by atoms with E-state index in [9.17, 15) is 4.79 Å². The molecule has 0 atom stereocenters. The van der Waals surface area contributed by atoms with E-state index in [-0.39, 0.29) is 11.4 Å². The third-order valence-electron chi connectivity index (χ3n) is 2.95. The molecule has 0 saturated heterocycles. The zero-order valence-corrected chi connectivity index (χ0v) is 7.80. The molecular formula is C9H17NO2. The molecule has 3 nitrogen and oxygen atoms in total. The first-order chi connectivity index (χ1) is 5.68. The maximum absolute atomic E-state index is 11.3. The van der Waals surface area contributed by atoms with Gasteiger partial charge in [0.05, 0.1) is 12.5 Å². The summed E-state index contributed by atoms with van der Waals surface area (Å²) in [4.78, 5) is 11.3. The molecule has 0 aromatic rings. The zero-order chi connectivity index (χ0) is 9.19. The monoisotopic (exact) mass is 171 g/mol. The Morgan fingerprint density at radius 3 is 2.58 bits per heavy atom. The molecule has 0 aromatic carbocycles. The summed E-state index contributed by atoms with van der Waals surface area (Å²) in [6.07, 6.45) is 2.96. The van der Waals surface area contributed by atoms with E-state index in [4.69, 9.17) is 10.5 Å². The Balaban J connectivity index is 2.52. The maximum Gasteiger partial charge on any atom is 0.313 e. The van der Waals surface area contributed by atoms with E-state index < -0.39 is 0 Å². The first-order valence-corrected chi connectivity index (χ1v) is 4.47. The van der Waals surface area contributed by atoms with Gasteiger partial charge in [0, 0.05) is 6.54 Å². The van der Waals surface area contributed by atoms with Crippen LogP contribution >= 0.6 is 0 Å². The normalized spacial score (nSPS) is 34.1. The van der Waals surface area contributed by atoms with Crippen LogP contribution in [0.5, 0.6) is 0 Å². The summed E-state index contributed by atoms with van der Waals surface area (Å²) >= 11 is 0. The first kappa shape index (κ1) is 9.52. The molecule has 0 aliphatic heterocycles. The van der Waals surface area contributed by atoms with Crippen LogP contribution in [0.2, 0.25) is 0 Å². The number of nitrogens with two attached hydrogens (primary N) is 1. The number of carbonyl (C=O) groups excluding carboxylic acids is 1. The predicted molar refractivity (Wildman–Crippen MR) is 46.5 cm³/mol. The van der Waals surface area contributed by atoms with Crippen molar-refractivity contribution in [2.24, 2.45) is 17.1 Å². The van der Waals surface area contributed by atoms with Crippen LogP contribution in [-0.2, 0) is 9.53 Å². The second-order valence-corrected chi connectivity index (χ2v) is 3.66. The summed E-state index contributed by atoms with van der Waals surface area (Å²) in [6.45, 7) is 2.57. The van der Waals surface area contributed by atoms with E-state index in [1.165, 1.54) is 7.11 Å². The van der Waals surface area contributed by atoms with Gasteiger partial charge in [-0.3, -0.25) is 4.79 Å². The van der Waals surface area contributed by atoms with Crippen molar-refractivity contribution in [3.8, 4) is 0 Å². The third-order valence-corrected chi connectivity index (χ3v) is 2.95. The van der Waals surface area contributed by atoms with Crippen LogP contribution in [0.15, 0.2) is 0 Å². The van der Waals surface area contributed by atoms with Gasteiger partial charge in [-0.25, -0.2) is 0 Å². The average molecular weight is 171 g/mol. The van der Waals surface area contributed by atoms with E-state index in [0.29, 0.717) is 12.5 Å². The quantitative estimate of drug-likeness (QED) is 0.642. The van der Waals surface area contributed by atoms with Crippen molar-refractivity contribution < 1.29 is 9.53 Å². The van der Waals surface area contributed by atoms with Gasteiger partial charge in [-0.05, 0) is 18.8 Å². The number of carbonyl (C=O) groups is 1. The van der Waals surface area contributed by atoms with Crippen LogP contribution in [0.3, 0.4) is 0 Å². The van der Waals surface area contributed by atoms with Crippen LogP contribution in [0.4, 0.5) is 0 Å². The summed E-state index contributed by atoms with van der Waals surface area (Å²) in [7, 11) is 1.43. The third kappa shape index (κ3) is 1.33. The van der Waals surface area contributed by atoms with Gasteiger partial charge in [-0.2, -0.15) is 0 Å². The molecule has 0 aromatic heterocycles. The number of methoxy groups -OCH3 is 1. The first-order valence-electron chi connectivity index (χ1n) is 4.47. The standard InChI is InChI=1S/C9H17NO2/c1-3-7-4-9(5-7,6-10)8(11)12-2/h7H,3-6,10H2,1-2H3. The van der Waals surface area contributed by atoms with Crippen molar-refractivity contribution >= 4 is 5.97 Å². The van der Waals surface area contributed by atoms with Gasteiger partial charge in [0.15, 0.2) is 0 Å². The van der Waals surface area contributed by atoms with Crippen molar-refractivity contribution in [1.29, 1.82) is 0 Å². The van der Waals surface area contributed by atoms with Gasteiger partial charge in [0.25, 0.3) is 0 Å². The molecule has 0 heterocycles. The minimum Gasteiger partial charge on any atom is -0.469 e. The molecule has 0 bridgehead atoms. The van der Waals surface area contributed by atoms with E-state index in [2.05, 4.69) is 6.92 Å². The minimum atomic E-state index is -0.338. The van der Waals surface area contributed by atoms with Crippen molar-refractivity contribution in [3.05, 3.63) is 0 Å². The summed E-state index contributed by atoms with van der Waals surface area (Å²) in [5, 5.41) is 0. The van der Waals surface area contributed by atoms with Gasteiger partial charge >= 0.3 is 5.97 Å². The summed E-state index contributed by atoms with van der Waals surface area (Å²) < 4.78 is 4.72. The molecule has 3 heteroatoms. The molecule has 1 saturated carbocycles. The number of hydrogen-bond acceptors (Lipinski definition) is 3. The summed E-state index contributed by atoms with van der Waals surface area (Å²) in [6, 6.07) is 0. The lowest BCUT2D eigenvalue weighted by Crippen LogP contribution is -2.49. The van der Waals surface area contributed by atoms with Crippen LogP contribution in [0.1, 0.15) is 26.2 Å². The Morgan fingerprint density at radius 1 is 1.67 bits per heavy atom.